The summed E-state index contributed by atoms with van der Waals surface area (Å²) >= 11 is 2.57. The van der Waals surface area contributed by atoms with E-state index in [4.69, 9.17) is 4.74 Å². The summed E-state index contributed by atoms with van der Waals surface area (Å²) in [6.07, 6.45) is 1.80. The average molecular weight is 408 g/mol. The predicted molar refractivity (Wildman–Crippen MR) is 114 cm³/mol. The zero-order chi connectivity index (χ0) is 19.5. The first-order valence-electron chi connectivity index (χ1n) is 8.67. The topological polar surface area (TPSA) is 46.6 Å². The quantitative estimate of drug-likeness (QED) is 0.512. The second kappa shape index (κ2) is 8.04. The van der Waals surface area contributed by atoms with Gasteiger partial charge in [-0.2, -0.15) is 0 Å². The third kappa shape index (κ3) is 3.88. The zero-order valence-corrected chi connectivity index (χ0v) is 16.8. The molecule has 0 aliphatic carbocycles. The van der Waals surface area contributed by atoms with Gasteiger partial charge in [-0.1, -0.05) is 42.5 Å². The molecule has 0 spiro atoms. The molecule has 28 heavy (non-hydrogen) atoms. The number of carbonyl (C=O) groups excluding carboxylic acids is 2. The molecule has 0 bridgehead atoms. The van der Waals surface area contributed by atoms with Gasteiger partial charge in [0.1, 0.15) is 5.75 Å². The van der Waals surface area contributed by atoms with Crippen LogP contribution in [0, 0.1) is 0 Å². The summed E-state index contributed by atoms with van der Waals surface area (Å²) in [6.45, 7) is 0.294. The summed E-state index contributed by atoms with van der Waals surface area (Å²) in [4.78, 5) is 28.8. The van der Waals surface area contributed by atoms with Crippen molar-refractivity contribution in [2.24, 2.45) is 0 Å². The number of hydrogen-bond acceptors (Lipinski definition) is 5. The molecule has 1 aliphatic heterocycles. The van der Waals surface area contributed by atoms with Gasteiger partial charge in [-0.25, -0.2) is 0 Å². The van der Waals surface area contributed by atoms with E-state index in [1.165, 1.54) is 4.90 Å². The highest BCUT2D eigenvalue weighted by molar-refractivity contribution is 8.18. The molecule has 0 saturated carbocycles. The number of benzene rings is 2. The van der Waals surface area contributed by atoms with Gasteiger partial charge in [0, 0.05) is 9.75 Å². The molecule has 2 heterocycles. The molecule has 1 saturated heterocycles. The van der Waals surface area contributed by atoms with Crippen LogP contribution in [-0.2, 0) is 11.3 Å². The molecular weight excluding hydrogens is 390 g/mol. The van der Waals surface area contributed by atoms with Crippen molar-refractivity contribution in [3.63, 3.8) is 0 Å². The average Bonchev–Trinajstić information content (AvgIpc) is 3.29. The van der Waals surface area contributed by atoms with Crippen molar-refractivity contribution in [1.29, 1.82) is 0 Å². The lowest BCUT2D eigenvalue weighted by molar-refractivity contribution is -0.123. The van der Waals surface area contributed by atoms with Gasteiger partial charge < -0.3 is 4.74 Å². The molecule has 1 aliphatic rings. The number of ether oxygens (including phenoxy) is 1. The third-order valence-corrected chi connectivity index (χ3v) is 6.30. The highest BCUT2D eigenvalue weighted by Crippen LogP contribution is 2.36. The number of methoxy groups -OCH3 is 1. The number of nitrogens with zero attached hydrogens (tertiary/aromatic N) is 1. The minimum Gasteiger partial charge on any atom is -0.497 e. The van der Waals surface area contributed by atoms with Crippen molar-refractivity contribution in [3.8, 4) is 16.2 Å². The molecule has 3 aromatic rings. The van der Waals surface area contributed by atoms with E-state index in [0.29, 0.717) is 11.4 Å². The van der Waals surface area contributed by atoms with Crippen LogP contribution in [0.4, 0.5) is 4.79 Å². The Balaban J connectivity index is 1.54. The Morgan fingerprint density at radius 1 is 1.00 bits per heavy atom. The first-order chi connectivity index (χ1) is 13.6. The minimum atomic E-state index is -0.241. The van der Waals surface area contributed by atoms with Crippen molar-refractivity contribution in [2.45, 2.75) is 6.54 Å². The van der Waals surface area contributed by atoms with Gasteiger partial charge in [0.2, 0.25) is 0 Å². The molecule has 2 amide bonds. The van der Waals surface area contributed by atoms with Crippen LogP contribution in [-0.4, -0.2) is 23.2 Å². The molecule has 1 fully saturated rings. The lowest BCUT2D eigenvalue weighted by Crippen LogP contribution is -2.27. The van der Waals surface area contributed by atoms with E-state index in [0.717, 1.165) is 38.4 Å². The van der Waals surface area contributed by atoms with Crippen LogP contribution in [0.1, 0.15) is 10.4 Å². The maximum Gasteiger partial charge on any atom is 0.293 e. The van der Waals surface area contributed by atoms with Crippen LogP contribution in [0.25, 0.3) is 16.5 Å². The van der Waals surface area contributed by atoms with E-state index in [2.05, 4.69) is 0 Å². The maximum atomic E-state index is 12.7. The Morgan fingerprint density at radius 3 is 2.61 bits per heavy atom. The molecule has 2 aromatic carbocycles. The SMILES string of the molecule is COc1cccc(-c2ccc(/C=C3\SC(=O)N(Cc4ccccc4)C3=O)s2)c1. The van der Waals surface area contributed by atoms with Gasteiger partial charge in [0.25, 0.3) is 11.1 Å². The summed E-state index contributed by atoms with van der Waals surface area (Å²) in [7, 11) is 1.64. The lowest BCUT2D eigenvalue weighted by Gasteiger charge is -2.11. The summed E-state index contributed by atoms with van der Waals surface area (Å²) in [6, 6.07) is 21.3. The smallest absolute Gasteiger partial charge is 0.293 e. The number of thiophene rings is 1. The second-order valence-corrected chi connectivity index (χ2v) is 8.30. The summed E-state index contributed by atoms with van der Waals surface area (Å²) in [5.74, 6) is 0.560. The first-order valence-corrected chi connectivity index (χ1v) is 10.3. The van der Waals surface area contributed by atoms with Crippen LogP contribution in [0.3, 0.4) is 0 Å². The van der Waals surface area contributed by atoms with Crippen LogP contribution in [0.15, 0.2) is 71.6 Å². The second-order valence-electron chi connectivity index (χ2n) is 6.19. The highest BCUT2D eigenvalue weighted by Gasteiger charge is 2.35. The Labute approximate surface area is 171 Å². The molecule has 0 N–H and O–H groups in total. The summed E-state index contributed by atoms with van der Waals surface area (Å²) in [5, 5.41) is -0.232. The van der Waals surface area contributed by atoms with Crippen molar-refractivity contribution >= 4 is 40.3 Å². The van der Waals surface area contributed by atoms with E-state index in [1.54, 1.807) is 24.5 Å². The largest absolute Gasteiger partial charge is 0.497 e. The van der Waals surface area contributed by atoms with Crippen LogP contribution >= 0.6 is 23.1 Å². The fourth-order valence-electron chi connectivity index (χ4n) is 2.89. The molecular formula is C22H17NO3S2. The molecule has 0 unspecified atom stereocenters. The molecule has 4 rings (SSSR count). The molecule has 6 heteroatoms. The van der Waals surface area contributed by atoms with E-state index in [1.807, 2.05) is 66.7 Å². The Bertz CT molecular complexity index is 1060. The predicted octanol–water partition coefficient (Wildman–Crippen LogP) is 5.66. The maximum absolute atomic E-state index is 12.7. The van der Waals surface area contributed by atoms with E-state index in [-0.39, 0.29) is 11.1 Å². The van der Waals surface area contributed by atoms with Crippen molar-refractivity contribution < 1.29 is 14.3 Å². The number of carbonyl (C=O) groups is 2. The zero-order valence-electron chi connectivity index (χ0n) is 15.1. The molecule has 4 nitrogen and oxygen atoms in total. The van der Waals surface area contributed by atoms with Gasteiger partial charge in [-0.15, -0.1) is 11.3 Å². The van der Waals surface area contributed by atoms with Crippen molar-refractivity contribution in [1.82, 2.24) is 4.90 Å². The third-order valence-electron chi connectivity index (χ3n) is 4.31. The lowest BCUT2D eigenvalue weighted by atomic mass is 10.2. The standard InChI is InChI=1S/C22H17NO3S2/c1-26-17-9-5-8-16(12-17)19-11-10-18(27-19)13-20-21(24)23(22(25)28-20)14-15-6-3-2-4-7-15/h2-13H,14H2,1H3/b20-13-. The summed E-state index contributed by atoms with van der Waals surface area (Å²) in [5.41, 5.74) is 1.99. The monoisotopic (exact) mass is 407 g/mol. The van der Waals surface area contributed by atoms with Crippen LogP contribution in [0.2, 0.25) is 0 Å². The van der Waals surface area contributed by atoms with Gasteiger partial charge in [0.05, 0.1) is 18.6 Å². The van der Waals surface area contributed by atoms with Crippen molar-refractivity contribution in [2.75, 3.05) is 7.11 Å². The molecule has 0 radical (unpaired) electrons. The number of thioether (sulfide) groups is 1. The Morgan fingerprint density at radius 2 is 1.82 bits per heavy atom. The van der Waals surface area contributed by atoms with Crippen molar-refractivity contribution in [3.05, 3.63) is 82.1 Å². The van der Waals surface area contributed by atoms with E-state index in [9.17, 15) is 9.59 Å². The van der Waals surface area contributed by atoms with Gasteiger partial charge in [0.15, 0.2) is 0 Å². The van der Waals surface area contributed by atoms with Crippen LogP contribution in [0.5, 0.6) is 5.75 Å². The van der Waals surface area contributed by atoms with Gasteiger partial charge in [-0.3, -0.25) is 14.5 Å². The Hall–Kier alpha value is -2.83. The van der Waals surface area contributed by atoms with E-state index < -0.39 is 0 Å². The number of amides is 2. The number of hydrogen-bond donors (Lipinski definition) is 0. The molecule has 1 aromatic heterocycles. The normalized spacial score (nSPS) is 15.5. The van der Waals surface area contributed by atoms with Gasteiger partial charge in [-0.05, 0) is 53.2 Å². The Kier molecular flexibility index (Phi) is 5.32. The number of imide groups is 1. The van der Waals surface area contributed by atoms with Gasteiger partial charge >= 0.3 is 0 Å². The first kappa shape index (κ1) is 18.5. The fraction of sp³-hybridized carbons (Fsp3) is 0.0909. The van der Waals surface area contributed by atoms with Crippen LogP contribution < -0.4 is 4.74 Å². The molecule has 140 valence electrons. The summed E-state index contributed by atoms with van der Waals surface area (Å²) < 4.78 is 5.28. The highest BCUT2D eigenvalue weighted by atomic mass is 32.2. The number of rotatable bonds is 5. The molecule has 0 atom stereocenters. The minimum absolute atomic E-state index is 0.232. The van der Waals surface area contributed by atoms with E-state index >= 15 is 0 Å². The fourth-order valence-corrected chi connectivity index (χ4v) is 4.74.